The molecule has 15 heteroatoms. The van der Waals surface area contributed by atoms with E-state index in [4.69, 9.17) is 56.8 Å². The van der Waals surface area contributed by atoms with E-state index in [1.165, 1.54) is 4.90 Å². The number of carbonyl (C=O) groups is 1. The largest absolute Gasteiger partial charge is 0.497 e. The van der Waals surface area contributed by atoms with Crippen LogP contribution in [-0.2, 0) is 105 Å². The van der Waals surface area contributed by atoms with Gasteiger partial charge >= 0.3 is 6.09 Å². The average Bonchev–Trinajstić information content (AvgIpc) is 1.34. The van der Waals surface area contributed by atoms with Crippen molar-refractivity contribution >= 4 is 6.09 Å². The maximum atomic E-state index is 14.6. The van der Waals surface area contributed by atoms with Crippen LogP contribution in [0.3, 0.4) is 0 Å². The van der Waals surface area contributed by atoms with E-state index in [1.54, 1.807) is 14.2 Å². The lowest BCUT2D eigenvalue weighted by atomic mass is 9.92. The van der Waals surface area contributed by atoms with Gasteiger partial charge < -0.3 is 66.8 Å². The van der Waals surface area contributed by atoms with Gasteiger partial charge in [0.05, 0.1) is 72.6 Å². The highest BCUT2D eigenvalue weighted by atomic mass is 16.8. The monoisotopic (exact) mass is 1180 g/mol. The van der Waals surface area contributed by atoms with Gasteiger partial charge in [0.1, 0.15) is 61.2 Å². The van der Waals surface area contributed by atoms with E-state index in [1.807, 2.05) is 237 Å². The summed E-state index contributed by atoms with van der Waals surface area (Å²) in [6.45, 7) is 0.457. The number of hydrogen-bond acceptors (Lipinski definition) is 14. The van der Waals surface area contributed by atoms with Crippen molar-refractivity contribution in [1.29, 1.82) is 0 Å². The average molecular weight is 1180 g/mol. The topological polar surface area (TPSA) is 151 Å². The number of likely N-dealkylation sites (N-methyl/N-ethyl adjacent to an activating group) is 1. The maximum absolute atomic E-state index is 14.6. The number of amides is 1. The number of aliphatic hydroxyl groups is 1. The van der Waals surface area contributed by atoms with E-state index in [9.17, 15) is 9.90 Å². The van der Waals surface area contributed by atoms with Crippen molar-refractivity contribution in [1.82, 2.24) is 4.90 Å². The third kappa shape index (κ3) is 18.0. The molecule has 15 nitrogen and oxygen atoms in total. The van der Waals surface area contributed by atoms with Crippen LogP contribution in [0, 0.1) is 0 Å². The molecule has 87 heavy (non-hydrogen) atoms. The second-order valence-corrected chi connectivity index (χ2v) is 21.5. The molecule has 2 aliphatic heterocycles. The number of aliphatic hydroxyl groups excluding tert-OH is 1. The lowest BCUT2D eigenvalue weighted by Gasteiger charge is -2.51. The second kappa shape index (κ2) is 32.9. The van der Waals surface area contributed by atoms with Crippen LogP contribution in [0.25, 0.3) is 0 Å². The summed E-state index contributed by atoms with van der Waals surface area (Å²) in [6.07, 6.45) is -11.4. The predicted octanol–water partition coefficient (Wildman–Crippen LogP) is 11.8. The third-order valence-corrected chi connectivity index (χ3v) is 15.4. The smallest absolute Gasteiger partial charge is 0.410 e. The molecule has 0 unspecified atom stereocenters. The summed E-state index contributed by atoms with van der Waals surface area (Å²) < 4.78 is 82.6. The van der Waals surface area contributed by atoms with E-state index in [-0.39, 0.29) is 59.5 Å². The number of ether oxygens (including phenoxy) is 12. The van der Waals surface area contributed by atoms with Gasteiger partial charge in [-0.05, 0) is 56.6 Å². The molecule has 2 heterocycles. The van der Waals surface area contributed by atoms with Crippen LogP contribution in [0.4, 0.5) is 4.79 Å². The number of rotatable bonds is 30. The fourth-order valence-corrected chi connectivity index (χ4v) is 10.6. The van der Waals surface area contributed by atoms with E-state index in [2.05, 4.69) is 0 Å². The Labute approximate surface area is 510 Å². The van der Waals surface area contributed by atoms with Crippen molar-refractivity contribution in [3.63, 3.8) is 0 Å². The number of benzene rings is 8. The molecule has 0 bridgehead atoms. The summed E-state index contributed by atoms with van der Waals surface area (Å²) in [5.41, 5.74) is 7.00. The van der Waals surface area contributed by atoms with Crippen LogP contribution in [0.5, 0.6) is 5.75 Å². The van der Waals surface area contributed by atoms with E-state index in [0.29, 0.717) is 5.75 Å². The minimum Gasteiger partial charge on any atom is -0.497 e. The second-order valence-electron chi connectivity index (χ2n) is 21.5. The molecule has 11 atom stereocenters. The molecule has 2 saturated heterocycles. The first-order valence-corrected chi connectivity index (χ1v) is 29.5. The first kappa shape index (κ1) is 62.4. The summed E-state index contributed by atoms with van der Waals surface area (Å²) >= 11 is 0. The van der Waals surface area contributed by atoms with Gasteiger partial charge in [-0.1, -0.05) is 224 Å². The maximum Gasteiger partial charge on any atom is 0.410 e. The first-order valence-electron chi connectivity index (χ1n) is 29.5. The first-order chi connectivity index (χ1) is 42.9. The molecule has 2 aliphatic rings. The number of hydrogen-bond donors (Lipinski definition) is 1. The van der Waals surface area contributed by atoms with Gasteiger partial charge in [-0.15, -0.1) is 0 Å². The highest BCUT2D eigenvalue weighted by Gasteiger charge is 2.56. The van der Waals surface area contributed by atoms with Gasteiger partial charge in [-0.2, -0.15) is 0 Å². The van der Waals surface area contributed by atoms with Crippen LogP contribution in [0.15, 0.2) is 237 Å². The Morgan fingerprint density at radius 1 is 0.414 bits per heavy atom. The summed E-state index contributed by atoms with van der Waals surface area (Å²) in [5, 5.41) is 11.5. The van der Waals surface area contributed by atoms with Crippen molar-refractivity contribution in [2.24, 2.45) is 0 Å². The summed E-state index contributed by atoms with van der Waals surface area (Å²) in [5.74, 6) is 0.688. The van der Waals surface area contributed by atoms with Crippen molar-refractivity contribution in [2.45, 2.75) is 120 Å². The summed E-state index contributed by atoms with van der Waals surface area (Å²) in [4.78, 5) is 16.1. The molecular formula is C72H77NO14. The fraction of sp³-hybridized carbons (Fsp3) is 0.319. The lowest BCUT2D eigenvalue weighted by molar-refractivity contribution is -0.385. The van der Waals surface area contributed by atoms with Gasteiger partial charge in [0.15, 0.2) is 12.6 Å². The minimum absolute atomic E-state index is 0.0226. The highest BCUT2D eigenvalue weighted by molar-refractivity contribution is 5.68. The molecule has 1 amide bonds. The molecular weight excluding hydrogens is 1100 g/mol. The zero-order valence-corrected chi connectivity index (χ0v) is 49.1. The third-order valence-electron chi connectivity index (χ3n) is 15.4. The normalized spacial score (nSPS) is 22.2. The molecule has 10 rings (SSSR count). The van der Waals surface area contributed by atoms with Gasteiger partial charge in [0, 0.05) is 7.05 Å². The summed E-state index contributed by atoms with van der Waals surface area (Å²) in [7, 11) is 3.29. The Balaban J connectivity index is 1.08. The van der Waals surface area contributed by atoms with Crippen molar-refractivity contribution in [2.75, 3.05) is 27.4 Å². The number of methoxy groups -OCH3 is 1. The zero-order chi connectivity index (χ0) is 59.8. The minimum atomic E-state index is -1.32. The lowest BCUT2D eigenvalue weighted by Crippen LogP contribution is -2.68. The van der Waals surface area contributed by atoms with E-state index >= 15 is 0 Å². The molecule has 1 N–H and O–H groups in total. The van der Waals surface area contributed by atoms with Crippen molar-refractivity contribution < 1.29 is 66.7 Å². The van der Waals surface area contributed by atoms with Crippen LogP contribution in [-0.4, -0.2) is 111 Å². The molecule has 0 aliphatic carbocycles. The number of nitrogens with zero attached hydrogens (tertiary/aromatic N) is 1. The Morgan fingerprint density at radius 3 is 1.22 bits per heavy atom. The molecule has 8 aromatic rings. The molecule has 8 aromatic carbocycles. The van der Waals surface area contributed by atoms with Gasteiger partial charge in [0.2, 0.25) is 0 Å². The molecule has 2 fully saturated rings. The van der Waals surface area contributed by atoms with Crippen molar-refractivity contribution in [3.8, 4) is 5.75 Å². The Kier molecular flexibility index (Phi) is 23.6. The van der Waals surface area contributed by atoms with Crippen LogP contribution in [0.1, 0.15) is 44.5 Å². The molecule has 0 aromatic heterocycles. The highest BCUT2D eigenvalue weighted by Crippen LogP contribution is 2.38. The standard InChI is InChI=1S/C72H77NO14/c1-73(72(75)84-50-58-36-22-9-23-37-58)61(51-77-43-52-24-10-3-11-25-52)63-65(79-45-54-28-14-5-15-29-54)67(81-47-56-32-18-7-19-33-56)69(70(86-63)83-49-57-34-20-8-21-35-57)87-71-68(82-48-59-38-40-60(76-2)41-39-59)66(80-46-55-30-16-6-17-31-55)64(62(42-74)85-71)78-44-53-26-12-4-13-27-53/h3-41,61-71,74H,42-51H2,1-2H3/t61-,62+,63+,64+,65+,66-,67-,68-,69+,70-,71+/m0/s1. The number of carbonyl (C=O) groups excluding carboxylic acids is 1. The molecule has 0 spiro atoms. The SMILES string of the molecule is COc1ccc(CO[C@@H]2[C@@H](O[C@H]3[C@@H](OCc4ccccc4)O[C@H]([C@H](COCc4ccccc4)N(C)C(=O)OCc4ccccc4)[C@@H](OCc4ccccc4)[C@@H]3OCc3ccccc3)O[C@H](CO)[C@@H](OCc3ccccc3)[C@@H]2OCc2ccccc2)cc1. The van der Waals surface area contributed by atoms with Crippen LogP contribution in [0.2, 0.25) is 0 Å². The molecule has 0 saturated carbocycles. The Bertz CT molecular complexity index is 3190. The summed E-state index contributed by atoms with van der Waals surface area (Å²) in [6, 6.07) is 75.0. The Hall–Kier alpha value is -7.61. The van der Waals surface area contributed by atoms with Gasteiger partial charge in [-0.3, -0.25) is 0 Å². The zero-order valence-electron chi connectivity index (χ0n) is 49.1. The predicted molar refractivity (Wildman–Crippen MR) is 326 cm³/mol. The van der Waals surface area contributed by atoms with Gasteiger partial charge in [0.25, 0.3) is 0 Å². The van der Waals surface area contributed by atoms with Crippen LogP contribution < -0.4 is 4.74 Å². The quantitative estimate of drug-likeness (QED) is 0.0455. The van der Waals surface area contributed by atoms with E-state index < -0.39 is 80.2 Å². The van der Waals surface area contributed by atoms with E-state index in [0.717, 1.165) is 44.5 Å². The molecule has 0 radical (unpaired) electrons. The fourth-order valence-electron chi connectivity index (χ4n) is 10.6. The van der Waals surface area contributed by atoms with Gasteiger partial charge in [-0.25, -0.2) is 4.79 Å². The van der Waals surface area contributed by atoms with Crippen LogP contribution >= 0.6 is 0 Å². The van der Waals surface area contributed by atoms with Crippen molar-refractivity contribution in [3.05, 3.63) is 281 Å². The molecule has 454 valence electrons. The Morgan fingerprint density at radius 2 is 0.782 bits per heavy atom.